The number of halogens is 6. The number of benzene rings is 1. The van der Waals surface area contributed by atoms with Gasteiger partial charge in [0.1, 0.15) is 0 Å². The largest absolute Gasteiger partial charge is 0.539 e. The first-order chi connectivity index (χ1) is 22.4. The summed E-state index contributed by atoms with van der Waals surface area (Å²) in [5.74, 6) is -9.34. The molecule has 3 atom stereocenters. The molecule has 3 unspecified atom stereocenters. The highest BCUT2D eigenvalue weighted by atomic mass is 28.4. The molecule has 0 saturated carbocycles. The summed E-state index contributed by atoms with van der Waals surface area (Å²) in [7, 11) is -4.29. The van der Waals surface area contributed by atoms with E-state index in [0.29, 0.717) is 18.0 Å². The Labute approximate surface area is 284 Å². The van der Waals surface area contributed by atoms with Crippen molar-refractivity contribution in [3.05, 3.63) is 34.4 Å². The third-order valence-electron chi connectivity index (χ3n) is 11.0. The third kappa shape index (κ3) is 10.9. The van der Waals surface area contributed by atoms with Crippen molar-refractivity contribution in [1.82, 2.24) is 0 Å². The molecule has 0 aliphatic heterocycles. The zero-order valence-electron chi connectivity index (χ0n) is 30.6. The first-order valence-electron chi connectivity index (χ1n) is 19.0. The lowest BCUT2D eigenvalue weighted by Gasteiger charge is -2.37. The minimum atomic E-state index is -3.02. The molecule has 0 heterocycles. The molecular formula is C38H64F6OSi2. The van der Waals surface area contributed by atoms with Gasteiger partial charge in [0.25, 0.3) is 8.32 Å². The second-order valence-corrected chi connectivity index (χ2v) is 24.2. The molecule has 1 aliphatic rings. The van der Waals surface area contributed by atoms with E-state index in [2.05, 4.69) is 34.6 Å². The summed E-state index contributed by atoms with van der Waals surface area (Å²) < 4.78 is 95.9. The maximum atomic E-state index is 15.8. The van der Waals surface area contributed by atoms with Crippen LogP contribution in [0.15, 0.2) is 5.83 Å². The van der Waals surface area contributed by atoms with Crippen molar-refractivity contribution in [1.29, 1.82) is 0 Å². The van der Waals surface area contributed by atoms with Gasteiger partial charge in [0.2, 0.25) is 5.82 Å². The highest BCUT2D eigenvalue weighted by molar-refractivity contribution is 6.79. The van der Waals surface area contributed by atoms with Gasteiger partial charge in [0, 0.05) is 5.56 Å². The van der Waals surface area contributed by atoms with Crippen LogP contribution in [0.3, 0.4) is 0 Å². The summed E-state index contributed by atoms with van der Waals surface area (Å²) in [5.41, 5.74) is -2.51. The number of rotatable bonds is 25. The van der Waals surface area contributed by atoms with Gasteiger partial charge >= 0.3 is 0 Å². The zero-order valence-corrected chi connectivity index (χ0v) is 32.6. The van der Waals surface area contributed by atoms with Crippen LogP contribution in [0.4, 0.5) is 26.3 Å². The minimum absolute atomic E-state index is 0.0695. The summed E-state index contributed by atoms with van der Waals surface area (Å²) in [6, 6.07) is 6.78. The average molecular weight is 707 g/mol. The van der Waals surface area contributed by atoms with Crippen molar-refractivity contribution in [2.75, 3.05) is 0 Å². The topological polar surface area (TPSA) is 9.23 Å². The molecular weight excluding hydrogens is 643 g/mol. The van der Waals surface area contributed by atoms with Crippen molar-refractivity contribution in [2.45, 2.75) is 186 Å². The maximum Gasteiger partial charge on any atom is 0.254 e. The molecule has 1 nitrogen and oxygen atoms in total. The van der Waals surface area contributed by atoms with E-state index in [-0.39, 0.29) is 5.54 Å². The van der Waals surface area contributed by atoms with Gasteiger partial charge in [-0.05, 0) is 30.0 Å². The smallest absolute Gasteiger partial charge is 0.254 e. The molecule has 0 radical (unpaired) electrons. The van der Waals surface area contributed by atoms with Crippen LogP contribution in [0, 0.1) is 23.4 Å². The van der Waals surface area contributed by atoms with Crippen molar-refractivity contribution in [2.24, 2.45) is 5.92 Å². The Kier molecular flexibility index (Phi) is 18.2. The Morgan fingerprint density at radius 3 is 1.72 bits per heavy atom. The molecule has 1 aromatic carbocycles. The summed E-state index contributed by atoms with van der Waals surface area (Å²) in [5, 5.41) is 0. The van der Waals surface area contributed by atoms with Gasteiger partial charge in [-0.25, -0.2) is 22.0 Å². The van der Waals surface area contributed by atoms with Gasteiger partial charge in [-0.1, -0.05) is 156 Å². The van der Waals surface area contributed by atoms with Crippen LogP contribution >= 0.6 is 0 Å². The number of hydrogen-bond donors (Lipinski definition) is 0. The molecule has 0 bridgehead atoms. The predicted molar refractivity (Wildman–Crippen MR) is 192 cm³/mol. The fourth-order valence-electron chi connectivity index (χ4n) is 8.16. The lowest BCUT2D eigenvalue weighted by Crippen LogP contribution is -2.45. The Morgan fingerprint density at radius 1 is 0.617 bits per heavy atom. The Morgan fingerprint density at radius 2 is 1.19 bits per heavy atom. The fourth-order valence-corrected chi connectivity index (χ4v) is 18.0. The van der Waals surface area contributed by atoms with Gasteiger partial charge < -0.3 is 4.43 Å². The van der Waals surface area contributed by atoms with E-state index in [0.717, 1.165) is 51.4 Å². The average Bonchev–Trinajstić information content (AvgIpc) is 3.27. The first-order valence-corrected chi connectivity index (χ1v) is 24.2. The van der Waals surface area contributed by atoms with Crippen molar-refractivity contribution >= 4 is 22.2 Å². The molecule has 272 valence electrons. The normalized spacial score (nSPS) is 17.0. The highest BCUT2D eigenvalue weighted by Gasteiger charge is 2.46. The SMILES string of the molecule is CCCCCCC(CC)CC[Si](CCCCCC[Si](CCC)(CCC)CCC)(Oc1c(F)c(F)c2c(c1F)C(F)=C(F)C2F)C(C)C. The molecule has 0 N–H and O–H groups in total. The molecule has 0 spiro atoms. The number of allylic oxidation sites excluding steroid dienone is 1. The third-order valence-corrected chi connectivity index (χ3v) is 22.1. The van der Waals surface area contributed by atoms with Crippen LogP contribution in [0.1, 0.15) is 156 Å². The van der Waals surface area contributed by atoms with Crippen LogP contribution in [-0.4, -0.2) is 16.4 Å². The van der Waals surface area contributed by atoms with Crippen molar-refractivity contribution in [3.8, 4) is 5.75 Å². The zero-order chi connectivity index (χ0) is 35.2. The van der Waals surface area contributed by atoms with E-state index in [4.69, 9.17) is 4.43 Å². The van der Waals surface area contributed by atoms with E-state index >= 15 is 13.2 Å². The summed E-state index contributed by atoms with van der Waals surface area (Å²) >= 11 is 0. The Hall–Kier alpha value is -1.23. The molecule has 1 aromatic rings. The van der Waals surface area contributed by atoms with Crippen molar-refractivity contribution in [3.63, 3.8) is 0 Å². The second-order valence-electron chi connectivity index (χ2n) is 14.7. The number of alkyl halides is 1. The van der Waals surface area contributed by atoms with Gasteiger partial charge in [-0.2, -0.15) is 4.39 Å². The molecule has 47 heavy (non-hydrogen) atoms. The monoisotopic (exact) mass is 706 g/mol. The molecule has 2 rings (SSSR count). The van der Waals surface area contributed by atoms with Crippen LogP contribution in [0.2, 0.25) is 41.8 Å². The molecule has 1 aliphatic carbocycles. The number of unbranched alkanes of at least 4 members (excludes halogenated alkanes) is 6. The Balaban J connectivity index is 2.33. The first kappa shape index (κ1) is 41.9. The van der Waals surface area contributed by atoms with Gasteiger partial charge in [0.05, 0.1) is 13.6 Å². The van der Waals surface area contributed by atoms with Crippen molar-refractivity contribution < 1.29 is 30.8 Å². The fraction of sp³-hybridized carbons (Fsp3) is 0.789. The summed E-state index contributed by atoms with van der Waals surface area (Å²) in [6.45, 7) is 15.2. The van der Waals surface area contributed by atoms with Gasteiger partial charge in [0.15, 0.2) is 35.2 Å². The number of hydrogen-bond acceptors (Lipinski definition) is 1. The molecule has 0 amide bonds. The molecule has 0 aromatic heterocycles. The second kappa shape index (κ2) is 20.4. The molecule has 0 fully saturated rings. The lowest BCUT2D eigenvalue weighted by atomic mass is 9.96. The predicted octanol–water partition coefficient (Wildman–Crippen LogP) is 15.1. The van der Waals surface area contributed by atoms with Gasteiger partial charge in [-0.15, -0.1) is 0 Å². The van der Waals surface area contributed by atoms with Crippen LogP contribution < -0.4 is 4.43 Å². The molecule has 0 saturated heterocycles. The van der Waals surface area contributed by atoms with E-state index in [9.17, 15) is 13.2 Å². The summed E-state index contributed by atoms with van der Waals surface area (Å²) in [4.78, 5) is 0. The summed E-state index contributed by atoms with van der Waals surface area (Å²) in [6.07, 6.45) is 12.5. The van der Waals surface area contributed by atoms with E-state index in [1.54, 1.807) is 0 Å². The standard InChI is InChI=1S/C38H64F6OSi2/c1-8-13-14-17-20-29(12-5)21-27-47(28(6)7,26-19-16-15-18-25-46(22-9-2,23-10-3)24-11-4)45-38-35(42)31-30(34(41)37(38)44)32(39)36(43)33(31)40/h28-29,32H,8-27H2,1-7H3. The van der Waals surface area contributed by atoms with Crippen LogP contribution in [0.5, 0.6) is 5.75 Å². The van der Waals surface area contributed by atoms with Crippen LogP contribution in [-0.2, 0) is 0 Å². The van der Waals surface area contributed by atoms with Gasteiger partial charge in [-0.3, -0.25) is 0 Å². The van der Waals surface area contributed by atoms with E-state index in [1.807, 2.05) is 13.8 Å². The minimum Gasteiger partial charge on any atom is -0.539 e. The lowest BCUT2D eigenvalue weighted by molar-refractivity contribution is 0.322. The van der Waals surface area contributed by atoms with E-state index in [1.165, 1.54) is 62.7 Å². The highest BCUT2D eigenvalue weighted by Crippen LogP contribution is 2.50. The molecule has 9 heteroatoms. The van der Waals surface area contributed by atoms with Crippen LogP contribution in [0.25, 0.3) is 5.83 Å². The Bertz CT molecular complexity index is 1110. The quantitative estimate of drug-likeness (QED) is 0.0426. The number of fused-ring (bicyclic) bond motifs is 1. The van der Waals surface area contributed by atoms with E-state index < -0.39 is 68.5 Å². The maximum absolute atomic E-state index is 15.8.